The zero-order chi connectivity index (χ0) is 41.7. The summed E-state index contributed by atoms with van der Waals surface area (Å²) in [6.45, 7) is 0. The first kappa shape index (κ1) is 36.5. The van der Waals surface area contributed by atoms with Gasteiger partial charge in [0.2, 0.25) is 0 Å². The lowest BCUT2D eigenvalue weighted by Gasteiger charge is -2.26. The molecule has 0 saturated heterocycles. The van der Waals surface area contributed by atoms with Crippen molar-refractivity contribution in [1.82, 2.24) is 4.57 Å². The molecule has 0 amide bonds. The number of rotatable bonds is 8. The van der Waals surface area contributed by atoms with Crippen LogP contribution in [0.3, 0.4) is 0 Å². The third-order valence-corrected chi connectivity index (χ3v) is 12.4. The van der Waals surface area contributed by atoms with Crippen molar-refractivity contribution in [2.75, 3.05) is 4.90 Å². The van der Waals surface area contributed by atoms with E-state index in [4.69, 9.17) is 4.42 Å². The number of furan rings is 1. The molecule has 296 valence electrons. The minimum Gasteiger partial charge on any atom is -0.456 e. The number of nitrogens with zero attached hydrogens (tertiary/aromatic N) is 2. The Balaban J connectivity index is 0.901. The molecule has 0 radical (unpaired) electrons. The molecule has 2 heterocycles. The fraction of sp³-hybridized carbons (Fsp3) is 0. The van der Waals surface area contributed by atoms with Gasteiger partial charge in [-0.05, 0) is 123 Å². The normalized spacial score (nSPS) is 11.5. The van der Waals surface area contributed by atoms with Crippen LogP contribution in [0.1, 0.15) is 0 Å². The van der Waals surface area contributed by atoms with Gasteiger partial charge in [0.1, 0.15) is 11.2 Å². The largest absolute Gasteiger partial charge is 0.456 e. The topological polar surface area (TPSA) is 21.3 Å². The van der Waals surface area contributed by atoms with Gasteiger partial charge in [0.05, 0.1) is 11.0 Å². The molecule has 12 rings (SSSR count). The number of aromatic nitrogens is 1. The van der Waals surface area contributed by atoms with Crippen LogP contribution in [0.15, 0.2) is 247 Å². The molecule has 0 bridgehead atoms. The van der Waals surface area contributed by atoms with Crippen LogP contribution >= 0.6 is 0 Å². The number of fused-ring (bicyclic) bond motifs is 6. The molecule has 0 spiro atoms. The minimum atomic E-state index is 0.898. The molecule has 3 nitrogen and oxygen atoms in total. The van der Waals surface area contributed by atoms with Crippen LogP contribution in [0.25, 0.3) is 93.9 Å². The van der Waals surface area contributed by atoms with E-state index in [2.05, 4.69) is 240 Å². The highest BCUT2D eigenvalue weighted by Crippen LogP contribution is 2.41. The Morgan fingerprint density at radius 3 is 1.33 bits per heavy atom. The summed E-state index contributed by atoms with van der Waals surface area (Å²) >= 11 is 0. The van der Waals surface area contributed by atoms with Gasteiger partial charge in [0.25, 0.3) is 0 Å². The molecule has 10 aromatic carbocycles. The lowest BCUT2D eigenvalue weighted by molar-refractivity contribution is 0.669. The van der Waals surface area contributed by atoms with Crippen LogP contribution in [0, 0.1) is 0 Å². The second-order valence-electron chi connectivity index (χ2n) is 16.1. The summed E-state index contributed by atoms with van der Waals surface area (Å²) in [6.07, 6.45) is 0. The van der Waals surface area contributed by atoms with E-state index in [0.29, 0.717) is 0 Å². The van der Waals surface area contributed by atoms with Gasteiger partial charge in [-0.1, -0.05) is 164 Å². The Hall–Kier alpha value is -8.40. The molecule has 0 atom stereocenters. The molecule has 2 aromatic heterocycles. The quantitative estimate of drug-likeness (QED) is 0.153. The van der Waals surface area contributed by atoms with Crippen LogP contribution < -0.4 is 4.90 Å². The van der Waals surface area contributed by atoms with Crippen LogP contribution in [0.4, 0.5) is 17.1 Å². The number of hydrogen-bond donors (Lipinski definition) is 0. The first-order valence-corrected chi connectivity index (χ1v) is 21.5. The smallest absolute Gasteiger partial charge is 0.136 e. The summed E-state index contributed by atoms with van der Waals surface area (Å²) in [6, 6.07) is 87.0. The minimum absolute atomic E-state index is 0.898. The van der Waals surface area contributed by atoms with Gasteiger partial charge in [0, 0.05) is 44.3 Å². The maximum atomic E-state index is 6.25. The summed E-state index contributed by atoms with van der Waals surface area (Å²) < 4.78 is 8.61. The van der Waals surface area contributed by atoms with E-state index < -0.39 is 0 Å². The molecule has 63 heavy (non-hydrogen) atoms. The molecular weight excluding hydrogens is 765 g/mol. The van der Waals surface area contributed by atoms with Crippen molar-refractivity contribution >= 4 is 60.8 Å². The van der Waals surface area contributed by atoms with Crippen molar-refractivity contribution in [3.05, 3.63) is 243 Å². The van der Waals surface area contributed by atoms with Crippen molar-refractivity contribution in [1.29, 1.82) is 0 Å². The number of anilines is 3. The second-order valence-corrected chi connectivity index (χ2v) is 16.1. The Morgan fingerprint density at radius 1 is 0.302 bits per heavy atom. The third kappa shape index (κ3) is 6.46. The van der Waals surface area contributed by atoms with Gasteiger partial charge in [-0.25, -0.2) is 0 Å². The Bertz CT molecular complexity index is 3530. The zero-order valence-corrected chi connectivity index (χ0v) is 34.4. The van der Waals surface area contributed by atoms with E-state index >= 15 is 0 Å². The van der Waals surface area contributed by atoms with E-state index in [1.165, 1.54) is 49.6 Å². The maximum absolute atomic E-state index is 6.25. The molecule has 0 fully saturated rings. The maximum Gasteiger partial charge on any atom is 0.136 e. The van der Waals surface area contributed by atoms with E-state index in [1.54, 1.807) is 0 Å². The number of benzene rings is 10. The van der Waals surface area contributed by atoms with Gasteiger partial charge >= 0.3 is 0 Å². The van der Waals surface area contributed by atoms with Crippen molar-refractivity contribution < 1.29 is 4.42 Å². The monoisotopic (exact) mass is 804 g/mol. The fourth-order valence-corrected chi connectivity index (χ4v) is 9.37. The van der Waals surface area contributed by atoms with Crippen molar-refractivity contribution in [3.63, 3.8) is 0 Å². The molecule has 12 aromatic rings. The van der Waals surface area contributed by atoms with Gasteiger partial charge in [0.15, 0.2) is 0 Å². The average molecular weight is 805 g/mol. The highest BCUT2D eigenvalue weighted by Gasteiger charge is 2.17. The molecule has 0 aliphatic rings. The SMILES string of the molecule is c1ccc(-c2cccc(-c3ccc(N(c4ccc(-c5ccc(-n6c7ccccc7c7ccccc76)cc5)cc4)c4ccc(-c5cccc6oc7ccccc7c56)cc4)cc3)c2)cc1. The first-order chi connectivity index (χ1) is 31.2. The molecule has 0 unspecified atom stereocenters. The van der Waals surface area contributed by atoms with Crippen LogP contribution in [0.5, 0.6) is 0 Å². The van der Waals surface area contributed by atoms with E-state index in [9.17, 15) is 0 Å². The van der Waals surface area contributed by atoms with Gasteiger partial charge in [-0.2, -0.15) is 0 Å². The Morgan fingerprint density at radius 2 is 0.730 bits per heavy atom. The Labute approximate surface area is 366 Å². The standard InChI is InChI=1S/C60H40N2O/c1-2-12-41(13-3-1)46-14-10-15-47(40-46)44-28-34-49(35-29-44)61(50-38-30-45(31-39-50)52-19-11-23-59-60(52)55-18-6-9-22-58(55)63-59)48-32-24-42(25-33-48)43-26-36-51(37-27-43)62-56-20-7-4-16-53(56)54-17-5-8-21-57(54)62/h1-40H. The predicted molar refractivity (Wildman–Crippen MR) is 264 cm³/mol. The number of hydrogen-bond acceptors (Lipinski definition) is 2. The molecule has 3 heteroatoms. The van der Waals surface area contributed by atoms with Crippen molar-refractivity contribution in [3.8, 4) is 50.2 Å². The average Bonchev–Trinajstić information content (AvgIpc) is 3.91. The molecular formula is C60H40N2O. The number of para-hydroxylation sites is 3. The van der Waals surface area contributed by atoms with E-state index in [0.717, 1.165) is 61.4 Å². The van der Waals surface area contributed by atoms with E-state index in [-0.39, 0.29) is 0 Å². The van der Waals surface area contributed by atoms with Gasteiger partial charge < -0.3 is 13.9 Å². The van der Waals surface area contributed by atoms with Crippen LogP contribution in [-0.2, 0) is 0 Å². The van der Waals surface area contributed by atoms with Gasteiger partial charge in [-0.3, -0.25) is 0 Å². The summed E-state index contributed by atoms with van der Waals surface area (Å²) in [4.78, 5) is 2.34. The summed E-state index contributed by atoms with van der Waals surface area (Å²) in [5.74, 6) is 0. The highest BCUT2D eigenvalue weighted by molar-refractivity contribution is 6.12. The Kier molecular flexibility index (Phi) is 8.83. The first-order valence-electron chi connectivity index (χ1n) is 21.5. The summed E-state index contributed by atoms with van der Waals surface area (Å²) in [7, 11) is 0. The molecule has 0 saturated carbocycles. The lowest BCUT2D eigenvalue weighted by Crippen LogP contribution is -2.09. The predicted octanol–water partition coefficient (Wildman–Crippen LogP) is 16.8. The van der Waals surface area contributed by atoms with E-state index in [1.807, 2.05) is 12.1 Å². The van der Waals surface area contributed by atoms with Crippen molar-refractivity contribution in [2.24, 2.45) is 0 Å². The van der Waals surface area contributed by atoms with Crippen molar-refractivity contribution in [2.45, 2.75) is 0 Å². The lowest BCUT2D eigenvalue weighted by atomic mass is 9.98. The zero-order valence-electron chi connectivity index (χ0n) is 34.4. The van der Waals surface area contributed by atoms with Gasteiger partial charge in [-0.15, -0.1) is 0 Å². The third-order valence-electron chi connectivity index (χ3n) is 12.4. The molecule has 0 aliphatic carbocycles. The highest BCUT2D eigenvalue weighted by atomic mass is 16.3. The molecule has 0 aliphatic heterocycles. The second kappa shape index (κ2) is 15.3. The van der Waals surface area contributed by atoms with Crippen LogP contribution in [0.2, 0.25) is 0 Å². The summed E-state index contributed by atoms with van der Waals surface area (Å²) in [5, 5.41) is 4.80. The van der Waals surface area contributed by atoms with Crippen LogP contribution in [-0.4, -0.2) is 4.57 Å². The summed E-state index contributed by atoms with van der Waals surface area (Å²) in [5.41, 5.74) is 18.0. The molecule has 0 N–H and O–H groups in total. The fourth-order valence-electron chi connectivity index (χ4n) is 9.37.